The van der Waals surface area contributed by atoms with Crippen molar-refractivity contribution in [1.29, 1.82) is 0 Å². The second-order valence-corrected chi connectivity index (χ2v) is 10.8. The lowest BCUT2D eigenvalue weighted by atomic mass is 9.45. The van der Waals surface area contributed by atoms with Crippen LogP contribution in [-0.2, 0) is 23.9 Å². The number of carbonyl (C=O) groups is 3. The Hall–Kier alpha value is -1.91. The summed E-state index contributed by atoms with van der Waals surface area (Å²) in [5.74, 6) is -0.212. The van der Waals surface area contributed by atoms with Gasteiger partial charge in [-0.3, -0.25) is 14.4 Å². The van der Waals surface area contributed by atoms with E-state index in [4.69, 9.17) is 9.47 Å². The first-order valence-corrected chi connectivity index (χ1v) is 11.4. The minimum absolute atomic E-state index is 0.0802. The van der Waals surface area contributed by atoms with Gasteiger partial charge in [0.25, 0.3) is 0 Å². The zero-order chi connectivity index (χ0) is 21.4. The van der Waals surface area contributed by atoms with Crippen molar-refractivity contribution in [3.8, 4) is 0 Å². The Morgan fingerprint density at radius 3 is 2.67 bits per heavy atom. The van der Waals surface area contributed by atoms with E-state index in [1.807, 2.05) is 0 Å². The van der Waals surface area contributed by atoms with E-state index < -0.39 is 11.5 Å². The fourth-order valence-electron chi connectivity index (χ4n) is 7.94. The van der Waals surface area contributed by atoms with Crippen LogP contribution in [0, 0.1) is 28.1 Å². The number of allylic oxidation sites excluding steroid dienone is 3. The number of esters is 2. The molecular formula is C25H32O5. The maximum absolute atomic E-state index is 13.1. The van der Waals surface area contributed by atoms with Crippen LogP contribution in [0.25, 0.3) is 0 Å². The van der Waals surface area contributed by atoms with Gasteiger partial charge >= 0.3 is 11.9 Å². The highest BCUT2D eigenvalue weighted by Gasteiger charge is 2.69. The van der Waals surface area contributed by atoms with Crippen molar-refractivity contribution in [3.63, 3.8) is 0 Å². The molecule has 5 heteroatoms. The average molecular weight is 413 g/mol. The third-order valence-electron chi connectivity index (χ3n) is 9.52. The van der Waals surface area contributed by atoms with Crippen molar-refractivity contribution < 1.29 is 23.9 Å². The van der Waals surface area contributed by atoms with Crippen LogP contribution in [0.2, 0.25) is 0 Å². The Balaban J connectivity index is 1.64. The topological polar surface area (TPSA) is 69.7 Å². The van der Waals surface area contributed by atoms with Gasteiger partial charge in [0.15, 0.2) is 0 Å². The molecule has 0 N–H and O–H groups in total. The highest BCUT2D eigenvalue weighted by Crippen LogP contribution is 2.70. The predicted octanol–water partition coefficient (Wildman–Crippen LogP) is 4.30. The van der Waals surface area contributed by atoms with Crippen LogP contribution < -0.4 is 0 Å². The second kappa shape index (κ2) is 6.30. The molecule has 6 atom stereocenters. The zero-order valence-electron chi connectivity index (χ0n) is 18.3. The quantitative estimate of drug-likeness (QED) is 0.474. The van der Waals surface area contributed by atoms with Gasteiger partial charge < -0.3 is 9.47 Å². The number of fused-ring (bicyclic) bond motifs is 4. The molecule has 1 heterocycles. The molecule has 162 valence electrons. The van der Waals surface area contributed by atoms with Crippen molar-refractivity contribution >= 4 is 17.7 Å². The molecule has 4 aliphatic carbocycles. The van der Waals surface area contributed by atoms with Gasteiger partial charge in [0.1, 0.15) is 11.4 Å². The molecule has 0 radical (unpaired) electrons. The monoisotopic (exact) mass is 412 g/mol. The van der Waals surface area contributed by atoms with Crippen molar-refractivity contribution in [2.45, 2.75) is 77.2 Å². The predicted molar refractivity (Wildman–Crippen MR) is 110 cm³/mol. The number of carbonyl (C=O) groups excluding carboxylic acids is 3. The number of hydrogen-bond acceptors (Lipinski definition) is 5. The zero-order valence-corrected chi connectivity index (χ0v) is 18.3. The summed E-state index contributed by atoms with van der Waals surface area (Å²) in [6.45, 7) is 4.54. The normalized spacial score (nSPS) is 47.1. The summed E-state index contributed by atoms with van der Waals surface area (Å²) in [6.07, 6.45) is 13.3. The average Bonchev–Trinajstić information content (AvgIpc) is 3.23. The van der Waals surface area contributed by atoms with Crippen LogP contribution in [0.15, 0.2) is 23.8 Å². The van der Waals surface area contributed by atoms with Gasteiger partial charge in [-0.2, -0.15) is 0 Å². The van der Waals surface area contributed by atoms with Gasteiger partial charge in [0, 0.05) is 30.1 Å². The Labute approximate surface area is 178 Å². The summed E-state index contributed by atoms with van der Waals surface area (Å²) >= 11 is 0. The molecule has 1 aliphatic heterocycles. The van der Waals surface area contributed by atoms with E-state index in [0.29, 0.717) is 19.3 Å². The highest BCUT2D eigenvalue weighted by molar-refractivity contribution is 5.84. The summed E-state index contributed by atoms with van der Waals surface area (Å²) in [7, 11) is 1.45. The lowest BCUT2D eigenvalue weighted by Crippen LogP contribution is -2.56. The minimum Gasteiger partial charge on any atom is -0.469 e. The second-order valence-electron chi connectivity index (χ2n) is 10.8. The molecule has 6 unspecified atom stereocenters. The number of ether oxygens (including phenoxy) is 2. The Morgan fingerprint density at radius 2 is 1.97 bits per heavy atom. The van der Waals surface area contributed by atoms with Gasteiger partial charge in [-0.25, -0.2) is 0 Å². The first kappa shape index (κ1) is 20.0. The minimum atomic E-state index is -0.416. The van der Waals surface area contributed by atoms with E-state index in [2.05, 4.69) is 32.1 Å². The molecule has 30 heavy (non-hydrogen) atoms. The third-order valence-corrected chi connectivity index (χ3v) is 9.52. The summed E-state index contributed by atoms with van der Waals surface area (Å²) in [5.41, 5.74) is 0.0633. The molecule has 0 amide bonds. The summed E-state index contributed by atoms with van der Waals surface area (Å²) < 4.78 is 11.3. The Morgan fingerprint density at radius 1 is 1.17 bits per heavy atom. The van der Waals surface area contributed by atoms with E-state index in [9.17, 15) is 14.4 Å². The first-order chi connectivity index (χ1) is 14.2. The van der Waals surface area contributed by atoms with Gasteiger partial charge in [0.05, 0.1) is 13.0 Å². The summed E-state index contributed by atoms with van der Waals surface area (Å²) in [5, 5.41) is 0. The molecule has 5 aliphatic rings. The maximum atomic E-state index is 13.1. The molecule has 2 saturated carbocycles. The summed E-state index contributed by atoms with van der Waals surface area (Å²) in [4.78, 5) is 37.4. The van der Waals surface area contributed by atoms with Crippen molar-refractivity contribution in [1.82, 2.24) is 0 Å². The SMILES string of the molecule is COC(=O)C1C=C2CC(=O)CCC2(C)CC12C=CCC1(C)C2CCC12CCC(=O)O2. The largest absolute Gasteiger partial charge is 0.469 e. The molecule has 0 aromatic rings. The highest BCUT2D eigenvalue weighted by atomic mass is 16.6. The fourth-order valence-corrected chi connectivity index (χ4v) is 7.94. The van der Waals surface area contributed by atoms with Crippen LogP contribution in [0.3, 0.4) is 0 Å². The number of methoxy groups -OCH3 is 1. The van der Waals surface area contributed by atoms with E-state index in [1.54, 1.807) is 0 Å². The molecule has 5 rings (SSSR count). The number of rotatable bonds is 1. The standard InChI is InChI=1S/C25H32O5/c1-22-10-5-17(26)13-16(22)14-18(21(28)29-3)24(15-22)9-4-8-23(2)19(24)6-11-25(23)12-7-20(27)30-25/h4,9,14,18-19H,5-8,10-13,15H2,1-3H3. The summed E-state index contributed by atoms with van der Waals surface area (Å²) in [6, 6.07) is 0. The molecule has 0 bridgehead atoms. The fraction of sp³-hybridized carbons (Fsp3) is 0.720. The molecule has 2 spiro atoms. The van der Waals surface area contributed by atoms with Gasteiger partial charge in [-0.1, -0.05) is 37.6 Å². The molecule has 0 aromatic heterocycles. The van der Waals surface area contributed by atoms with Crippen LogP contribution in [0.1, 0.15) is 71.6 Å². The first-order valence-electron chi connectivity index (χ1n) is 11.4. The Bertz CT molecular complexity index is 886. The van der Waals surface area contributed by atoms with E-state index in [-0.39, 0.29) is 39.9 Å². The van der Waals surface area contributed by atoms with Crippen LogP contribution in [-0.4, -0.2) is 30.4 Å². The molecule has 0 aromatic carbocycles. The molecule has 1 saturated heterocycles. The smallest absolute Gasteiger partial charge is 0.313 e. The van der Waals surface area contributed by atoms with Crippen molar-refractivity contribution in [2.75, 3.05) is 7.11 Å². The van der Waals surface area contributed by atoms with E-state index in [1.165, 1.54) is 7.11 Å². The van der Waals surface area contributed by atoms with Crippen molar-refractivity contribution in [3.05, 3.63) is 23.8 Å². The van der Waals surface area contributed by atoms with Gasteiger partial charge in [-0.15, -0.1) is 0 Å². The van der Waals surface area contributed by atoms with Crippen LogP contribution >= 0.6 is 0 Å². The molecule has 3 fully saturated rings. The third kappa shape index (κ3) is 2.44. The number of Topliss-reactive ketones (excluding diaryl/α,β-unsaturated/α-hetero) is 1. The van der Waals surface area contributed by atoms with Crippen LogP contribution in [0.5, 0.6) is 0 Å². The van der Waals surface area contributed by atoms with Crippen molar-refractivity contribution in [2.24, 2.45) is 28.1 Å². The lowest BCUT2D eigenvalue weighted by Gasteiger charge is -2.58. The Kier molecular flexibility index (Phi) is 4.21. The van der Waals surface area contributed by atoms with E-state index in [0.717, 1.165) is 44.1 Å². The van der Waals surface area contributed by atoms with Gasteiger partial charge in [-0.05, 0) is 49.9 Å². The van der Waals surface area contributed by atoms with Crippen LogP contribution in [0.4, 0.5) is 0 Å². The maximum Gasteiger partial charge on any atom is 0.313 e. The molecular weight excluding hydrogens is 380 g/mol. The van der Waals surface area contributed by atoms with Gasteiger partial charge in [0.2, 0.25) is 0 Å². The number of ketones is 1. The number of hydrogen-bond donors (Lipinski definition) is 0. The van der Waals surface area contributed by atoms with E-state index >= 15 is 0 Å². The lowest BCUT2D eigenvalue weighted by molar-refractivity contribution is -0.167. The molecule has 5 nitrogen and oxygen atoms in total.